The minimum Gasteiger partial charge on any atom is -0.457 e. The highest BCUT2D eigenvalue weighted by atomic mass is 16.5. The van der Waals surface area contributed by atoms with Gasteiger partial charge < -0.3 is 9.72 Å². The molecule has 0 atom stereocenters. The number of aromatic nitrogens is 3. The van der Waals surface area contributed by atoms with Gasteiger partial charge >= 0.3 is 0 Å². The number of fused-ring (bicyclic) bond motifs is 1. The van der Waals surface area contributed by atoms with Crippen LogP contribution in [0.15, 0.2) is 73.3 Å². The number of pyridine rings is 1. The van der Waals surface area contributed by atoms with Gasteiger partial charge in [0.05, 0.1) is 17.4 Å². The van der Waals surface area contributed by atoms with Gasteiger partial charge in [0.2, 0.25) is 0 Å². The SMILES string of the molecule is c1cc(C2CCN(Cc3ccc(Oc4ccc5nc[nH]c5c4)cc3)CC2)ccn1. The van der Waals surface area contributed by atoms with Crippen LogP contribution in [-0.4, -0.2) is 32.9 Å². The second-order valence-corrected chi connectivity index (χ2v) is 7.66. The van der Waals surface area contributed by atoms with Gasteiger partial charge in [-0.2, -0.15) is 0 Å². The van der Waals surface area contributed by atoms with Crippen LogP contribution in [0.3, 0.4) is 0 Å². The van der Waals surface area contributed by atoms with Crippen LogP contribution >= 0.6 is 0 Å². The maximum absolute atomic E-state index is 6.00. The van der Waals surface area contributed by atoms with Crippen LogP contribution in [0.25, 0.3) is 11.0 Å². The summed E-state index contributed by atoms with van der Waals surface area (Å²) < 4.78 is 6.00. The largest absolute Gasteiger partial charge is 0.457 e. The number of likely N-dealkylation sites (tertiary alicyclic amines) is 1. The molecule has 146 valence electrons. The van der Waals surface area contributed by atoms with Crippen molar-refractivity contribution >= 4 is 11.0 Å². The Kier molecular flexibility index (Phi) is 4.97. The Morgan fingerprint density at radius 2 is 1.69 bits per heavy atom. The first kappa shape index (κ1) is 17.9. The number of nitrogens with one attached hydrogen (secondary N) is 1. The first-order valence-corrected chi connectivity index (χ1v) is 10.2. The number of H-pyrrole nitrogens is 1. The number of benzene rings is 2. The summed E-state index contributed by atoms with van der Waals surface area (Å²) in [5, 5.41) is 0. The van der Waals surface area contributed by atoms with E-state index in [4.69, 9.17) is 4.74 Å². The molecule has 1 N–H and O–H groups in total. The molecule has 4 aromatic rings. The molecule has 0 spiro atoms. The summed E-state index contributed by atoms with van der Waals surface area (Å²) in [6.07, 6.45) is 7.92. The lowest BCUT2D eigenvalue weighted by Crippen LogP contribution is -2.32. The molecule has 0 amide bonds. The van der Waals surface area contributed by atoms with Crippen molar-refractivity contribution in [1.82, 2.24) is 19.9 Å². The molecule has 1 fully saturated rings. The first-order chi connectivity index (χ1) is 14.3. The monoisotopic (exact) mass is 384 g/mol. The molecule has 2 aromatic carbocycles. The average molecular weight is 384 g/mol. The van der Waals surface area contributed by atoms with Crippen LogP contribution in [0.4, 0.5) is 0 Å². The Balaban J connectivity index is 1.17. The van der Waals surface area contributed by atoms with E-state index in [-0.39, 0.29) is 0 Å². The summed E-state index contributed by atoms with van der Waals surface area (Å²) in [7, 11) is 0. The number of ether oxygens (including phenoxy) is 1. The zero-order chi connectivity index (χ0) is 19.5. The van der Waals surface area contributed by atoms with Gasteiger partial charge in [0.25, 0.3) is 0 Å². The third-order valence-electron chi connectivity index (χ3n) is 5.72. The van der Waals surface area contributed by atoms with Crippen LogP contribution in [0, 0.1) is 0 Å². The molecule has 3 heterocycles. The fraction of sp³-hybridized carbons (Fsp3) is 0.250. The van der Waals surface area contributed by atoms with Gasteiger partial charge in [0.1, 0.15) is 11.5 Å². The quantitative estimate of drug-likeness (QED) is 0.518. The maximum atomic E-state index is 6.00. The van der Waals surface area contributed by atoms with Gasteiger partial charge in [-0.25, -0.2) is 4.98 Å². The molecule has 5 rings (SSSR count). The van der Waals surface area contributed by atoms with Gasteiger partial charge in [-0.15, -0.1) is 0 Å². The predicted molar refractivity (Wildman–Crippen MR) is 114 cm³/mol. The van der Waals surface area contributed by atoms with Crippen LogP contribution < -0.4 is 4.74 Å². The molecule has 0 bridgehead atoms. The summed E-state index contributed by atoms with van der Waals surface area (Å²) in [6.45, 7) is 3.26. The molecule has 0 radical (unpaired) electrons. The van der Waals surface area contributed by atoms with E-state index in [9.17, 15) is 0 Å². The molecule has 0 unspecified atom stereocenters. The fourth-order valence-electron chi connectivity index (χ4n) is 4.10. The van der Waals surface area contributed by atoms with Gasteiger partial charge in [-0.3, -0.25) is 9.88 Å². The van der Waals surface area contributed by atoms with E-state index in [2.05, 4.69) is 56.3 Å². The minimum absolute atomic E-state index is 0.664. The van der Waals surface area contributed by atoms with E-state index < -0.39 is 0 Å². The molecular weight excluding hydrogens is 360 g/mol. The molecule has 5 heteroatoms. The molecule has 1 aliphatic rings. The van der Waals surface area contributed by atoms with Gasteiger partial charge in [0.15, 0.2) is 0 Å². The standard InChI is InChI=1S/C24H24N4O/c1-3-21(29-22-5-6-23-24(15-22)27-17-26-23)4-2-18(1)16-28-13-9-20(10-14-28)19-7-11-25-12-8-19/h1-8,11-12,15,17,20H,9-10,13-14,16H2,(H,26,27). The third-order valence-corrected chi connectivity index (χ3v) is 5.72. The highest BCUT2D eigenvalue weighted by Gasteiger charge is 2.20. The second-order valence-electron chi connectivity index (χ2n) is 7.66. The Labute approximate surface area is 170 Å². The van der Waals surface area contributed by atoms with Crippen molar-refractivity contribution in [3.05, 3.63) is 84.4 Å². The second kappa shape index (κ2) is 8.05. The Hall–Kier alpha value is -3.18. The number of imidazole rings is 1. The topological polar surface area (TPSA) is 54.0 Å². The first-order valence-electron chi connectivity index (χ1n) is 10.2. The maximum Gasteiger partial charge on any atom is 0.129 e. The molecular formula is C24H24N4O. The molecule has 0 saturated carbocycles. The highest BCUT2D eigenvalue weighted by molar-refractivity contribution is 5.76. The van der Waals surface area contributed by atoms with E-state index in [1.54, 1.807) is 6.33 Å². The summed E-state index contributed by atoms with van der Waals surface area (Å²) in [5.41, 5.74) is 4.67. The summed E-state index contributed by atoms with van der Waals surface area (Å²) >= 11 is 0. The smallest absolute Gasteiger partial charge is 0.129 e. The van der Waals surface area contributed by atoms with Crippen molar-refractivity contribution in [3.8, 4) is 11.5 Å². The molecule has 1 saturated heterocycles. The van der Waals surface area contributed by atoms with E-state index >= 15 is 0 Å². The van der Waals surface area contributed by atoms with Crippen molar-refractivity contribution in [3.63, 3.8) is 0 Å². The highest BCUT2D eigenvalue weighted by Crippen LogP contribution is 2.29. The Morgan fingerprint density at radius 3 is 2.48 bits per heavy atom. The molecule has 0 aliphatic carbocycles. The number of hydrogen-bond acceptors (Lipinski definition) is 4. The van der Waals surface area contributed by atoms with Crippen LogP contribution in [-0.2, 0) is 6.54 Å². The molecule has 1 aliphatic heterocycles. The predicted octanol–water partition coefficient (Wildman–Crippen LogP) is 5.13. The van der Waals surface area contributed by atoms with E-state index in [0.717, 1.165) is 42.2 Å². The van der Waals surface area contributed by atoms with Crippen LogP contribution in [0.5, 0.6) is 11.5 Å². The van der Waals surface area contributed by atoms with E-state index in [1.807, 2.05) is 30.6 Å². The van der Waals surface area contributed by atoms with Gasteiger partial charge in [-0.1, -0.05) is 12.1 Å². The zero-order valence-corrected chi connectivity index (χ0v) is 16.3. The molecule has 5 nitrogen and oxygen atoms in total. The van der Waals surface area contributed by atoms with Crippen LogP contribution in [0.1, 0.15) is 29.9 Å². The minimum atomic E-state index is 0.664. The number of aromatic amines is 1. The van der Waals surface area contributed by atoms with Crippen LogP contribution in [0.2, 0.25) is 0 Å². The fourth-order valence-corrected chi connectivity index (χ4v) is 4.10. The molecule has 2 aromatic heterocycles. The van der Waals surface area contributed by atoms with Gasteiger partial charge in [0, 0.05) is 25.0 Å². The van der Waals surface area contributed by atoms with Crippen molar-refractivity contribution in [2.24, 2.45) is 0 Å². The number of nitrogens with zero attached hydrogens (tertiary/aromatic N) is 3. The summed E-state index contributed by atoms with van der Waals surface area (Å²) in [5.74, 6) is 2.33. The zero-order valence-electron chi connectivity index (χ0n) is 16.3. The summed E-state index contributed by atoms with van der Waals surface area (Å²) in [4.78, 5) is 14.0. The average Bonchev–Trinajstić information content (AvgIpc) is 3.24. The van der Waals surface area contributed by atoms with Crippen molar-refractivity contribution in [1.29, 1.82) is 0 Å². The normalized spacial score (nSPS) is 15.6. The lowest BCUT2D eigenvalue weighted by atomic mass is 9.90. The van der Waals surface area contributed by atoms with E-state index in [0.29, 0.717) is 5.92 Å². The van der Waals surface area contributed by atoms with Crippen molar-refractivity contribution in [2.75, 3.05) is 13.1 Å². The number of rotatable bonds is 5. The molecule has 29 heavy (non-hydrogen) atoms. The van der Waals surface area contributed by atoms with Crippen molar-refractivity contribution < 1.29 is 4.74 Å². The Morgan fingerprint density at radius 1 is 0.931 bits per heavy atom. The lowest BCUT2D eigenvalue weighted by Gasteiger charge is -2.32. The number of piperidine rings is 1. The van der Waals surface area contributed by atoms with E-state index in [1.165, 1.54) is 24.0 Å². The van der Waals surface area contributed by atoms with Crippen molar-refractivity contribution in [2.45, 2.75) is 25.3 Å². The third kappa shape index (κ3) is 4.15. The Bertz CT molecular complexity index is 1070. The lowest BCUT2D eigenvalue weighted by molar-refractivity contribution is 0.204. The van der Waals surface area contributed by atoms with Gasteiger partial charge in [-0.05, 0) is 79.4 Å². The number of hydrogen-bond donors (Lipinski definition) is 1. The summed E-state index contributed by atoms with van der Waals surface area (Å²) in [6, 6.07) is 18.6.